The lowest BCUT2D eigenvalue weighted by atomic mass is 9.97. The van der Waals surface area contributed by atoms with Gasteiger partial charge in [0.25, 0.3) is 0 Å². The van der Waals surface area contributed by atoms with E-state index in [4.69, 9.17) is 6.42 Å². The van der Waals surface area contributed by atoms with Gasteiger partial charge < -0.3 is 5.32 Å². The first-order valence-corrected chi connectivity index (χ1v) is 9.50. The van der Waals surface area contributed by atoms with E-state index in [9.17, 15) is 13.2 Å². The number of carbonyl (C=O) groups is 1. The van der Waals surface area contributed by atoms with Crippen molar-refractivity contribution >= 4 is 15.9 Å². The Bertz CT molecular complexity index is 747. The molecule has 6 heteroatoms. The number of rotatable bonds is 4. The molecule has 1 N–H and O–H groups in total. The topological polar surface area (TPSA) is 66.5 Å². The number of aryl methyl sites for hydroxylation is 3. The van der Waals surface area contributed by atoms with Gasteiger partial charge in [-0.2, -0.15) is 4.31 Å². The molecule has 0 radical (unpaired) electrons. The molecule has 0 spiro atoms. The lowest BCUT2D eigenvalue weighted by molar-refractivity contribution is -0.125. The second kappa shape index (κ2) is 7.37. The van der Waals surface area contributed by atoms with Crippen molar-refractivity contribution in [2.45, 2.75) is 38.5 Å². The number of hydrogen-bond donors (Lipinski definition) is 1. The van der Waals surface area contributed by atoms with Crippen LogP contribution in [0, 0.1) is 39.0 Å². The summed E-state index contributed by atoms with van der Waals surface area (Å²) in [6.45, 7) is 6.52. The average molecular weight is 348 g/mol. The average Bonchev–Trinajstić information content (AvgIpc) is 2.51. The fourth-order valence-electron chi connectivity index (χ4n) is 3.34. The number of terminal acetylenes is 1. The monoisotopic (exact) mass is 348 g/mol. The fraction of sp³-hybridized carbons (Fsp3) is 0.500. The number of sulfonamides is 1. The van der Waals surface area contributed by atoms with Gasteiger partial charge in [-0.25, -0.2) is 8.42 Å². The highest BCUT2D eigenvalue weighted by Gasteiger charge is 2.33. The van der Waals surface area contributed by atoms with Crippen LogP contribution < -0.4 is 5.32 Å². The molecule has 24 heavy (non-hydrogen) atoms. The molecule has 2 rings (SSSR count). The Labute approximate surface area is 144 Å². The molecule has 130 valence electrons. The molecule has 0 unspecified atom stereocenters. The number of benzene rings is 1. The molecule has 1 aliphatic rings. The van der Waals surface area contributed by atoms with Crippen LogP contribution >= 0.6 is 0 Å². The molecule has 1 heterocycles. The Kier molecular flexibility index (Phi) is 5.68. The number of piperidine rings is 1. The van der Waals surface area contributed by atoms with Gasteiger partial charge >= 0.3 is 0 Å². The Morgan fingerprint density at radius 2 is 1.79 bits per heavy atom. The van der Waals surface area contributed by atoms with Crippen LogP contribution in [0.2, 0.25) is 0 Å². The maximum atomic E-state index is 13.0. The van der Waals surface area contributed by atoms with Crippen molar-refractivity contribution in [2.75, 3.05) is 19.6 Å². The molecular weight excluding hydrogens is 324 g/mol. The third kappa shape index (κ3) is 3.80. The summed E-state index contributed by atoms with van der Waals surface area (Å²) >= 11 is 0. The van der Waals surface area contributed by atoms with Gasteiger partial charge in [0, 0.05) is 19.0 Å². The van der Waals surface area contributed by atoms with Crippen LogP contribution in [0.5, 0.6) is 0 Å². The largest absolute Gasteiger partial charge is 0.345 e. The second-order valence-electron chi connectivity index (χ2n) is 6.33. The number of nitrogens with one attached hydrogen (secondary N) is 1. The summed E-state index contributed by atoms with van der Waals surface area (Å²) in [5.74, 6) is 2.10. The zero-order valence-corrected chi connectivity index (χ0v) is 15.2. The van der Waals surface area contributed by atoms with Crippen LogP contribution in [0.25, 0.3) is 0 Å². The lowest BCUT2D eigenvalue weighted by Gasteiger charge is -2.31. The molecule has 1 amide bonds. The maximum Gasteiger partial charge on any atom is 0.243 e. The summed E-state index contributed by atoms with van der Waals surface area (Å²) < 4.78 is 27.5. The normalized spacial score (nSPS) is 16.6. The molecule has 5 nitrogen and oxygen atoms in total. The van der Waals surface area contributed by atoms with Crippen LogP contribution in [-0.4, -0.2) is 38.3 Å². The Balaban J connectivity index is 2.14. The molecule has 0 aliphatic carbocycles. The van der Waals surface area contributed by atoms with Crippen molar-refractivity contribution in [1.29, 1.82) is 0 Å². The highest BCUT2D eigenvalue weighted by atomic mass is 32.2. The molecule has 1 aromatic carbocycles. The van der Waals surface area contributed by atoms with Crippen molar-refractivity contribution in [3.63, 3.8) is 0 Å². The molecular formula is C18H24N2O3S. The molecule has 0 saturated carbocycles. The van der Waals surface area contributed by atoms with Gasteiger partial charge in [-0.15, -0.1) is 6.42 Å². The van der Waals surface area contributed by atoms with Gasteiger partial charge in [0.1, 0.15) is 0 Å². The molecule has 1 aromatic rings. The van der Waals surface area contributed by atoms with E-state index < -0.39 is 10.0 Å². The number of carbonyl (C=O) groups excluding carboxylic acids is 1. The van der Waals surface area contributed by atoms with Crippen molar-refractivity contribution < 1.29 is 13.2 Å². The molecule has 0 aromatic heterocycles. The maximum absolute atomic E-state index is 13.0. The number of hydrogen-bond acceptors (Lipinski definition) is 3. The molecule has 0 bridgehead atoms. The van der Waals surface area contributed by atoms with E-state index in [1.165, 1.54) is 4.31 Å². The van der Waals surface area contributed by atoms with E-state index in [0.29, 0.717) is 30.8 Å². The predicted molar refractivity (Wildman–Crippen MR) is 94.0 cm³/mol. The predicted octanol–water partition coefficient (Wildman–Crippen LogP) is 1.76. The van der Waals surface area contributed by atoms with Crippen molar-refractivity contribution in [1.82, 2.24) is 9.62 Å². The Morgan fingerprint density at radius 3 is 2.29 bits per heavy atom. The van der Waals surface area contributed by atoms with Gasteiger partial charge in [-0.1, -0.05) is 23.6 Å². The number of nitrogens with zero attached hydrogens (tertiary/aromatic N) is 1. The van der Waals surface area contributed by atoms with E-state index in [0.717, 1.165) is 16.7 Å². The van der Waals surface area contributed by atoms with E-state index >= 15 is 0 Å². The van der Waals surface area contributed by atoms with E-state index in [1.54, 1.807) is 0 Å². The van der Waals surface area contributed by atoms with Crippen LogP contribution in [0.3, 0.4) is 0 Å². The highest BCUT2D eigenvalue weighted by molar-refractivity contribution is 7.89. The number of amides is 1. The smallest absolute Gasteiger partial charge is 0.243 e. The third-order valence-corrected chi connectivity index (χ3v) is 6.60. The molecule has 1 saturated heterocycles. The summed E-state index contributed by atoms with van der Waals surface area (Å²) in [5, 5.41) is 2.67. The zero-order chi connectivity index (χ0) is 17.9. The zero-order valence-electron chi connectivity index (χ0n) is 14.4. The standard InChI is InChI=1S/C18H24N2O3S/c1-5-8-19-18(21)16-6-9-20(10-7-16)24(22,23)17-14(3)11-13(2)12-15(17)4/h1,11-12,16H,6-10H2,2-4H3,(H,19,21). The van der Waals surface area contributed by atoms with Crippen molar-refractivity contribution in [3.05, 3.63) is 28.8 Å². The SMILES string of the molecule is C#CCNC(=O)C1CCN(S(=O)(=O)c2c(C)cc(C)cc2C)CC1. The van der Waals surface area contributed by atoms with Crippen LogP contribution in [0.15, 0.2) is 17.0 Å². The summed E-state index contributed by atoms with van der Waals surface area (Å²) in [7, 11) is -3.54. The summed E-state index contributed by atoms with van der Waals surface area (Å²) in [6, 6.07) is 3.78. The first kappa shape index (κ1) is 18.5. The quantitative estimate of drug-likeness (QED) is 0.843. The van der Waals surface area contributed by atoms with E-state index in [1.807, 2.05) is 32.9 Å². The highest BCUT2D eigenvalue weighted by Crippen LogP contribution is 2.28. The van der Waals surface area contributed by atoms with Gasteiger partial charge in [0.05, 0.1) is 11.4 Å². The Hall–Kier alpha value is -1.84. The van der Waals surface area contributed by atoms with Gasteiger partial charge in [-0.3, -0.25) is 4.79 Å². The third-order valence-electron chi connectivity index (χ3n) is 4.39. The van der Waals surface area contributed by atoms with Crippen LogP contribution in [-0.2, 0) is 14.8 Å². The van der Waals surface area contributed by atoms with Gasteiger partial charge in [-0.05, 0) is 44.7 Å². The lowest BCUT2D eigenvalue weighted by Crippen LogP contribution is -2.43. The van der Waals surface area contributed by atoms with Crippen LogP contribution in [0.4, 0.5) is 0 Å². The minimum atomic E-state index is -3.54. The van der Waals surface area contributed by atoms with Crippen molar-refractivity contribution in [2.24, 2.45) is 5.92 Å². The van der Waals surface area contributed by atoms with E-state index in [2.05, 4.69) is 11.2 Å². The minimum absolute atomic E-state index is 0.0901. The van der Waals surface area contributed by atoms with Gasteiger partial charge in [0.15, 0.2) is 0 Å². The summed E-state index contributed by atoms with van der Waals surface area (Å²) in [4.78, 5) is 12.3. The first-order chi connectivity index (χ1) is 11.3. The summed E-state index contributed by atoms with van der Waals surface area (Å²) in [5.41, 5.74) is 2.58. The molecule has 1 aliphatic heterocycles. The van der Waals surface area contributed by atoms with Crippen molar-refractivity contribution in [3.8, 4) is 12.3 Å². The van der Waals surface area contributed by atoms with Gasteiger partial charge in [0.2, 0.25) is 15.9 Å². The molecule has 1 fully saturated rings. The fourth-order valence-corrected chi connectivity index (χ4v) is 5.22. The first-order valence-electron chi connectivity index (χ1n) is 8.06. The molecule has 0 atom stereocenters. The van der Waals surface area contributed by atoms with Crippen LogP contribution in [0.1, 0.15) is 29.5 Å². The summed E-state index contributed by atoms with van der Waals surface area (Å²) in [6.07, 6.45) is 6.16. The van der Waals surface area contributed by atoms with E-state index in [-0.39, 0.29) is 18.4 Å². The second-order valence-corrected chi connectivity index (χ2v) is 8.20. The Morgan fingerprint density at radius 1 is 1.25 bits per heavy atom. The minimum Gasteiger partial charge on any atom is -0.345 e.